The molecule has 1 N–H and O–H groups in total. The lowest BCUT2D eigenvalue weighted by atomic mass is 9.68. The summed E-state index contributed by atoms with van der Waals surface area (Å²) < 4.78 is 0. The molecule has 0 heterocycles. The zero-order chi connectivity index (χ0) is 7.84. The molecule has 2 unspecified atom stereocenters. The second-order valence-electron chi connectivity index (χ2n) is 4.67. The molecule has 1 heteroatoms. The molecule has 2 fully saturated rings. The van der Waals surface area contributed by atoms with Gasteiger partial charge in [0.05, 0.1) is 6.10 Å². The largest absolute Gasteiger partial charge is 0.393 e. The average Bonchev–Trinajstić information content (AvgIpc) is 1.82. The highest BCUT2D eigenvalue weighted by Crippen LogP contribution is 2.42. The molecular formula is C10H18O. The molecular weight excluding hydrogens is 136 g/mol. The minimum absolute atomic E-state index is 0.0336. The van der Waals surface area contributed by atoms with E-state index in [4.69, 9.17) is 0 Å². The Bertz CT molecular complexity index is 110. The summed E-state index contributed by atoms with van der Waals surface area (Å²) in [4.78, 5) is 0. The molecule has 2 bridgehead atoms. The molecule has 0 amide bonds. The molecule has 2 rings (SSSR count). The van der Waals surface area contributed by atoms with Gasteiger partial charge in [-0.25, -0.2) is 0 Å². The van der Waals surface area contributed by atoms with Gasteiger partial charge in [-0.1, -0.05) is 6.92 Å². The van der Waals surface area contributed by atoms with Gasteiger partial charge >= 0.3 is 0 Å². The first-order valence-electron chi connectivity index (χ1n) is 4.92. The number of aliphatic hydroxyl groups is 1. The summed E-state index contributed by atoms with van der Waals surface area (Å²) in [5, 5.41) is 9.50. The minimum Gasteiger partial charge on any atom is -0.393 e. The van der Waals surface area contributed by atoms with Crippen molar-refractivity contribution in [2.75, 3.05) is 0 Å². The zero-order valence-electron chi connectivity index (χ0n) is 7.29. The van der Waals surface area contributed by atoms with Gasteiger partial charge in [0.2, 0.25) is 0 Å². The van der Waals surface area contributed by atoms with Crippen LogP contribution in [0.4, 0.5) is 0 Å². The van der Waals surface area contributed by atoms with E-state index in [1.54, 1.807) is 0 Å². The Morgan fingerprint density at radius 1 is 0.909 bits per heavy atom. The monoisotopic (exact) mass is 154 g/mol. The SMILES string of the molecule is CC1C[C@@H]2CC(O)C[C@H](C1)C2. The van der Waals surface area contributed by atoms with Crippen molar-refractivity contribution in [1.82, 2.24) is 0 Å². The van der Waals surface area contributed by atoms with E-state index in [2.05, 4.69) is 6.92 Å². The molecule has 2 saturated carbocycles. The predicted octanol–water partition coefficient (Wildman–Crippen LogP) is 2.19. The molecule has 4 atom stereocenters. The van der Waals surface area contributed by atoms with Gasteiger partial charge in [-0.05, 0) is 49.9 Å². The Balaban J connectivity index is 2.00. The van der Waals surface area contributed by atoms with Gasteiger partial charge in [0.1, 0.15) is 0 Å². The maximum absolute atomic E-state index is 9.50. The number of rotatable bonds is 0. The third-order valence-corrected chi connectivity index (χ3v) is 3.35. The van der Waals surface area contributed by atoms with Crippen molar-refractivity contribution in [3.63, 3.8) is 0 Å². The van der Waals surface area contributed by atoms with Gasteiger partial charge in [0.25, 0.3) is 0 Å². The molecule has 0 saturated heterocycles. The second kappa shape index (κ2) is 2.78. The molecule has 11 heavy (non-hydrogen) atoms. The summed E-state index contributed by atoms with van der Waals surface area (Å²) in [6, 6.07) is 0. The molecule has 64 valence electrons. The lowest BCUT2D eigenvalue weighted by molar-refractivity contribution is 0.0302. The van der Waals surface area contributed by atoms with Gasteiger partial charge in [-0.15, -0.1) is 0 Å². The lowest BCUT2D eigenvalue weighted by Crippen LogP contribution is -2.32. The third-order valence-electron chi connectivity index (χ3n) is 3.35. The van der Waals surface area contributed by atoms with Crippen molar-refractivity contribution in [2.24, 2.45) is 17.8 Å². The van der Waals surface area contributed by atoms with Crippen molar-refractivity contribution in [2.45, 2.75) is 45.1 Å². The molecule has 0 spiro atoms. The minimum atomic E-state index is 0.0336. The highest BCUT2D eigenvalue weighted by atomic mass is 16.3. The van der Waals surface area contributed by atoms with Gasteiger partial charge in [0.15, 0.2) is 0 Å². The van der Waals surface area contributed by atoms with Crippen molar-refractivity contribution in [3.05, 3.63) is 0 Å². The first-order chi connectivity index (χ1) is 5.24. The van der Waals surface area contributed by atoms with Gasteiger partial charge in [-0.2, -0.15) is 0 Å². The van der Waals surface area contributed by atoms with Crippen LogP contribution < -0.4 is 0 Å². The predicted molar refractivity (Wildman–Crippen MR) is 45.2 cm³/mol. The van der Waals surface area contributed by atoms with E-state index in [0.29, 0.717) is 0 Å². The normalized spacial score (nSPS) is 50.7. The van der Waals surface area contributed by atoms with E-state index in [-0.39, 0.29) is 6.10 Å². The van der Waals surface area contributed by atoms with Crippen LogP contribution >= 0.6 is 0 Å². The Morgan fingerprint density at radius 2 is 1.45 bits per heavy atom. The summed E-state index contributed by atoms with van der Waals surface area (Å²) in [6.45, 7) is 2.36. The van der Waals surface area contributed by atoms with Crippen molar-refractivity contribution in [1.29, 1.82) is 0 Å². The van der Waals surface area contributed by atoms with E-state index in [9.17, 15) is 5.11 Å². The van der Waals surface area contributed by atoms with Crippen LogP contribution in [0, 0.1) is 17.8 Å². The number of hydrogen-bond acceptors (Lipinski definition) is 1. The number of hydrogen-bond donors (Lipinski definition) is 1. The molecule has 2 aliphatic carbocycles. The smallest absolute Gasteiger partial charge is 0.0545 e. The molecule has 0 aromatic heterocycles. The Hall–Kier alpha value is -0.0400. The van der Waals surface area contributed by atoms with Crippen LogP contribution in [-0.2, 0) is 0 Å². The summed E-state index contributed by atoms with van der Waals surface area (Å²) in [6.07, 6.45) is 6.34. The standard InChI is InChI=1S/C10H18O/c1-7-2-8-4-9(3-7)6-10(11)5-8/h7-11H,2-6H2,1H3/t7?,8-,9+,10?. The molecule has 0 radical (unpaired) electrons. The molecule has 0 aliphatic heterocycles. The van der Waals surface area contributed by atoms with E-state index in [1.807, 2.05) is 0 Å². The first kappa shape index (κ1) is 7.60. The van der Waals surface area contributed by atoms with Gasteiger partial charge in [-0.3, -0.25) is 0 Å². The summed E-state index contributed by atoms with van der Waals surface area (Å²) in [7, 11) is 0. The van der Waals surface area contributed by atoms with Crippen LogP contribution in [0.1, 0.15) is 39.0 Å². The maximum Gasteiger partial charge on any atom is 0.0545 e. The number of aliphatic hydroxyl groups excluding tert-OH is 1. The molecule has 0 aromatic carbocycles. The highest BCUT2D eigenvalue weighted by molar-refractivity contribution is 4.85. The van der Waals surface area contributed by atoms with Crippen LogP contribution in [0.15, 0.2) is 0 Å². The average molecular weight is 154 g/mol. The van der Waals surface area contributed by atoms with Gasteiger partial charge in [0, 0.05) is 0 Å². The highest BCUT2D eigenvalue weighted by Gasteiger charge is 2.33. The topological polar surface area (TPSA) is 20.2 Å². The van der Waals surface area contributed by atoms with Crippen molar-refractivity contribution >= 4 is 0 Å². The third kappa shape index (κ3) is 1.58. The summed E-state index contributed by atoms with van der Waals surface area (Å²) in [5.74, 6) is 2.63. The van der Waals surface area contributed by atoms with Crippen LogP contribution in [0.2, 0.25) is 0 Å². The molecule has 1 nitrogen and oxygen atoms in total. The van der Waals surface area contributed by atoms with E-state index in [1.165, 1.54) is 19.3 Å². The summed E-state index contributed by atoms with van der Waals surface area (Å²) in [5.41, 5.74) is 0. The fraction of sp³-hybridized carbons (Fsp3) is 1.00. The fourth-order valence-corrected chi connectivity index (χ4v) is 3.15. The zero-order valence-corrected chi connectivity index (χ0v) is 7.29. The van der Waals surface area contributed by atoms with Crippen LogP contribution in [0.25, 0.3) is 0 Å². The maximum atomic E-state index is 9.50. The van der Waals surface area contributed by atoms with Crippen LogP contribution in [-0.4, -0.2) is 11.2 Å². The molecule has 0 aromatic rings. The second-order valence-corrected chi connectivity index (χ2v) is 4.67. The fourth-order valence-electron chi connectivity index (χ4n) is 3.15. The number of fused-ring (bicyclic) bond motifs is 2. The Labute approximate surface area is 68.8 Å². The van der Waals surface area contributed by atoms with Crippen molar-refractivity contribution < 1.29 is 5.11 Å². The van der Waals surface area contributed by atoms with E-state index >= 15 is 0 Å². The van der Waals surface area contributed by atoms with Crippen molar-refractivity contribution in [3.8, 4) is 0 Å². The Morgan fingerprint density at radius 3 is 2.00 bits per heavy atom. The van der Waals surface area contributed by atoms with Crippen LogP contribution in [0.3, 0.4) is 0 Å². The van der Waals surface area contributed by atoms with Crippen LogP contribution in [0.5, 0.6) is 0 Å². The lowest BCUT2D eigenvalue weighted by Gasteiger charge is -2.39. The van der Waals surface area contributed by atoms with E-state index < -0.39 is 0 Å². The van der Waals surface area contributed by atoms with E-state index in [0.717, 1.165) is 30.6 Å². The summed E-state index contributed by atoms with van der Waals surface area (Å²) >= 11 is 0. The quantitative estimate of drug-likeness (QED) is 0.567. The van der Waals surface area contributed by atoms with Gasteiger partial charge < -0.3 is 5.11 Å². The first-order valence-corrected chi connectivity index (χ1v) is 4.92. The Kier molecular flexibility index (Phi) is 1.92. The molecule has 2 aliphatic rings.